The van der Waals surface area contributed by atoms with Crippen LogP contribution in [-0.4, -0.2) is 72.2 Å². The van der Waals surface area contributed by atoms with Gasteiger partial charge in [-0.25, -0.2) is 19.4 Å². The van der Waals surface area contributed by atoms with Crippen LogP contribution in [-0.2, 0) is 20.6 Å². The predicted octanol–water partition coefficient (Wildman–Crippen LogP) is 11.6. The van der Waals surface area contributed by atoms with Crippen molar-refractivity contribution in [1.82, 2.24) is 9.97 Å². The third kappa shape index (κ3) is 13.6. The maximum atomic E-state index is 13.7. The highest BCUT2D eigenvalue weighted by atomic mass is 19.4. The molecule has 0 N–H and O–H groups in total. The average molecular weight is 813 g/mol. The fourth-order valence-corrected chi connectivity index (χ4v) is 4.58. The first-order valence-electron chi connectivity index (χ1n) is 16.7. The van der Waals surface area contributed by atoms with E-state index in [1.807, 2.05) is 0 Å². The molecule has 0 aliphatic rings. The maximum Gasteiger partial charge on any atom is 0.460 e. The highest BCUT2D eigenvalue weighted by Gasteiger charge is 2.85. The van der Waals surface area contributed by atoms with E-state index in [9.17, 15) is 65.9 Å². The Hall–Kier alpha value is -3.07. The van der Waals surface area contributed by atoms with Crippen molar-refractivity contribution in [3.63, 3.8) is 0 Å². The largest absolute Gasteiger partial charge is 0.494 e. The Morgan fingerprint density at radius 3 is 1.59 bits per heavy atom. The van der Waals surface area contributed by atoms with Gasteiger partial charge >= 0.3 is 42.5 Å². The minimum atomic E-state index is -7.91. The molecule has 0 amide bonds. The van der Waals surface area contributed by atoms with Gasteiger partial charge in [0.2, 0.25) is 0 Å². The van der Waals surface area contributed by atoms with Gasteiger partial charge in [-0.1, -0.05) is 51.9 Å². The lowest BCUT2D eigenvalue weighted by Crippen LogP contribution is -2.64. The van der Waals surface area contributed by atoms with E-state index in [1.54, 1.807) is 41.4 Å². The molecule has 1 aromatic heterocycles. The van der Waals surface area contributed by atoms with Gasteiger partial charge < -0.3 is 9.47 Å². The van der Waals surface area contributed by atoms with E-state index in [0.29, 0.717) is 18.0 Å². The normalized spacial score (nSPS) is 13.8. The van der Waals surface area contributed by atoms with Gasteiger partial charge in [-0.3, -0.25) is 0 Å². The van der Waals surface area contributed by atoms with E-state index in [2.05, 4.69) is 26.4 Å². The van der Waals surface area contributed by atoms with Gasteiger partial charge in [0, 0.05) is 24.6 Å². The number of aryl methyl sites for hydroxylation is 1. The van der Waals surface area contributed by atoms with Crippen molar-refractivity contribution in [1.29, 1.82) is 0 Å². The van der Waals surface area contributed by atoms with Crippen molar-refractivity contribution in [3.05, 3.63) is 42.2 Å². The van der Waals surface area contributed by atoms with Gasteiger partial charge in [0.1, 0.15) is 12.4 Å². The highest BCUT2D eigenvalue weighted by Crippen LogP contribution is 2.56. The third-order valence-electron chi connectivity index (χ3n) is 7.60. The van der Waals surface area contributed by atoms with Gasteiger partial charge in [0.25, 0.3) is 0 Å². The summed E-state index contributed by atoms with van der Waals surface area (Å²) in [4.78, 5) is 8.83. The van der Waals surface area contributed by atoms with Crippen LogP contribution in [0.25, 0.3) is 11.4 Å². The zero-order valence-corrected chi connectivity index (χ0v) is 28.8. The Morgan fingerprint density at radius 2 is 1.04 bits per heavy atom. The van der Waals surface area contributed by atoms with Crippen LogP contribution in [0.4, 0.5) is 65.9 Å². The second kappa shape index (κ2) is 19.7. The monoisotopic (exact) mass is 812 g/mol. The van der Waals surface area contributed by atoms with Gasteiger partial charge in [0.15, 0.2) is 5.82 Å². The van der Waals surface area contributed by atoms with E-state index < -0.39 is 55.7 Å². The number of aromatic nitrogens is 2. The number of rotatable bonds is 26. The molecule has 2 rings (SSSR count). The molecule has 0 aliphatic carbocycles. The standard InChI is InChI=1S/C33H39F15N2O4/c1-2-3-4-5-6-7-8-10-13-23-20-49-26(50-21-23)24-14-16-25(17-15-24)52-19-12-9-11-18-51-22-27(34,35)53-32(45,46)33(47,48)54-31(43,44)29(38,39)28(36,37)30(40,41)42/h14-17,20-21H,2-13,18-19,22H2,1H3. The lowest BCUT2D eigenvalue weighted by molar-refractivity contribution is -0.543. The van der Waals surface area contributed by atoms with Crippen LogP contribution in [0.1, 0.15) is 83.1 Å². The molecule has 0 spiro atoms. The van der Waals surface area contributed by atoms with E-state index in [4.69, 9.17) is 4.74 Å². The van der Waals surface area contributed by atoms with Gasteiger partial charge in [-0.2, -0.15) is 65.9 Å². The number of unbranched alkanes of at least 4 members (excludes halogenated alkanes) is 9. The Balaban J connectivity index is 1.71. The van der Waals surface area contributed by atoms with E-state index in [0.717, 1.165) is 30.4 Å². The molecule has 6 nitrogen and oxygen atoms in total. The van der Waals surface area contributed by atoms with Crippen molar-refractivity contribution in [2.45, 2.75) is 126 Å². The molecule has 0 unspecified atom stereocenters. The smallest absolute Gasteiger partial charge is 0.460 e. The summed E-state index contributed by atoms with van der Waals surface area (Å²) in [6, 6.07) is 6.79. The molecule has 21 heteroatoms. The zero-order valence-electron chi connectivity index (χ0n) is 28.8. The van der Waals surface area contributed by atoms with Gasteiger partial charge in [-0.15, -0.1) is 0 Å². The first-order chi connectivity index (χ1) is 24.9. The van der Waals surface area contributed by atoms with E-state index in [1.165, 1.54) is 38.5 Å². The Morgan fingerprint density at radius 1 is 0.537 bits per heavy atom. The van der Waals surface area contributed by atoms with Crippen molar-refractivity contribution >= 4 is 0 Å². The molecule has 54 heavy (non-hydrogen) atoms. The number of hydrogen-bond acceptors (Lipinski definition) is 6. The lowest BCUT2D eigenvalue weighted by Gasteiger charge is -2.36. The second-order valence-electron chi connectivity index (χ2n) is 12.2. The lowest BCUT2D eigenvalue weighted by atomic mass is 10.1. The van der Waals surface area contributed by atoms with Crippen molar-refractivity contribution in [2.75, 3.05) is 19.8 Å². The Bertz CT molecular complexity index is 1380. The average Bonchev–Trinajstić information content (AvgIpc) is 3.06. The molecule has 0 saturated carbocycles. The molecule has 310 valence electrons. The summed E-state index contributed by atoms with van der Waals surface area (Å²) in [7, 11) is 0. The summed E-state index contributed by atoms with van der Waals surface area (Å²) in [5.41, 5.74) is 1.77. The molecular weight excluding hydrogens is 773 g/mol. The van der Waals surface area contributed by atoms with Crippen LogP contribution in [0.2, 0.25) is 0 Å². The molecule has 0 fully saturated rings. The summed E-state index contributed by atoms with van der Waals surface area (Å²) in [5, 5.41) is 0. The molecule has 0 saturated heterocycles. The topological polar surface area (TPSA) is 62.7 Å². The van der Waals surface area contributed by atoms with Crippen LogP contribution < -0.4 is 4.74 Å². The van der Waals surface area contributed by atoms with Gasteiger partial charge in [0.05, 0.1) is 6.61 Å². The van der Waals surface area contributed by atoms with Crippen molar-refractivity contribution < 1.29 is 84.8 Å². The summed E-state index contributed by atoms with van der Waals surface area (Å²) in [6.45, 7) is -0.542. The quantitative estimate of drug-likeness (QED) is 0.0696. The van der Waals surface area contributed by atoms with Crippen molar-refractivity contribution in [3.8, 4) is 17.1 Å². The first-order valence-corrected chi connectivity index (χ1v) is 16.7. The number of halogens is 15. The summed E-state index contributed by atoms with van der Waals surface area (Å²) >= 11 is 0. The van der Waals surface area contributed by atoms with Crippen LogP contribution in [0.3, 0.4) is 0 Å². The fraction of sp³-hybridized carbons (Fsp3) is 0.697. The summed E-state index contributed by atoms with van der Waals surface area (Å²) in [5.74, 6) is -14.7. The number of benzene rings is 1. The van der Waals surface area contributed by atoms with Crippen LogP contribution in [0.5, 0.6) is 5.75 Å². The van der Waals surface area contributed by atoms with E-state index >= 15 is 0 Å². The molecule has 2 aromatic rings. The number of alkyl halides is 15. The van der Waals surface area contributed by atoms with Crippen molar-refractivity contribution in [2.24, 2.45) is 0 Å². The second-order valence-corrected chi connectivity index (χ2v) is 12.2. The zero-order chi connectivity index (χ0) is 40.9. The van der Waals surface area contributed by atoms with Crippen LogP contribution >= 0.6 is 0 Å². The molecule has 1 heterocycles. The number of ether oxygens (including phenoxy) is 4. The fourth-order valence-electron chi connectivity index (χ4n) is 4.58. The number of hydrogen-bond donors (Lipinski definition) is 0. The number of nitrogens with zero attached hydrogens (tertiary/aromatic N) is 2. The molecule has 0 aliphatic heterocycles. The molecule has 1 aromatic carbocycles. The third-order valence-corrected chi connectivity index (χ3v) is 7.60. The highest BCUT2D eigenvalue weighted by molar-refractivity contribution is 5.55. The van der Waals surface area contributed by atoms with Crippen LogP contribution in [0.15, 0.2) is 36.7 Å². The Labute approximate surface area is 300 Å². The predicted molar refractivity (Wildman–Crippen MR) is 162 cm³/mol. The first kappa shape index (κ1) is 47.1. The minimum Gasteiger partial charge on any atom is -0.494 e. The van der Waals surface area contributed by atoms with Gasteiger partial charge in [-0.05, 0) is 61.9 Å². The molecule has 0 atom stereocenters. The van der Waals surface area contributed by atoms with Crippen LogP contribution in [0, 0.1) is 0 Å². The molecule has 0 bridgehead atoms. The minimum absolute atomic E-state index is 0.0326. The van der Waals surface area contributed by atoms with E-state index in [-0.39, 0.29) is 19.4 Å². The summed E-state index contributed by atoms with van der Waals surface area (Å²) < 4.78 is 210. The molecule has 0 radical (unpaired) electrons. The maximum absolute atomic E-state index is 13.7. The summed E-state index contributed by atoms with van der Waals surface area (Å²) in [6.07, 6.45) is -20.2. The SMILES string of the molecule is CCCCCCCCCCc1cnc(-c2ccc(OCCCCCOCC(F)(F)OC(F)(F)C(F)(F)OC(F)(F)C(F)(F)C(F)(F)C(F)(F)F)cc2)nc1. The Kier molecular flexibility index (Phi) is 17.2. The molecular formula is C33H39F15N2O4.